The zero-order chi connectivity index (χ0) is 21.9. The number of fused-ring (bicyclic) bond motifs is 2. The Morgan fingerprint density at radius 3 is 2.16 bits per heavy atom. The Bertz CT molecular complexity index is 1240. The average Bonchev–Trinajstić information content (AvgIpc) is 3.30. The number of carbonyl (C=O) groups is 2. The summed E-state index contributed by atoms with van der Waals surface area (Å²) in [4.78, 5) is 30.2. The topological polar surface area (TPSA) is 65.2 Å². The summed E-state index contributed by atoms with van der Waals surface area (Å²) in [5.74, 6) is -0.371. The number of aryl methyl sites for hydroxylation is 1. The molecule has 0 fully saturated rings. The standard InChI is InChI=1S/C27H25N3O2/c31-26-22-12-4-5-13-23(22)27(32)30(26)18-8-15-25-21(20-11-6-7-14-24(20)29-25)16-17-28-19-9-2-1-3-10-19/h1-7,9-14,28-29H,8,15-18H2. The molecule has 2 N–H and O–H groups in total. The summed E-state index contributed by atoms with van der Waals surface area (Å²) in [5, 5.41) is 4.72. The summed E-state index contributed by atoms with van der Waals surface area (Å²) in [7, 11) is 0. The van der Waals surface area contributed by atoms with Crippen molar-refractivity contribution in [2.75, 3.05) is 18.4 Å². The lowest BCUT2D eigenvalue weighted by Crippen LogP contribution is -2.31. The van der Waals surface area contributed by atoms with Crippen molar-refractivity contribution < 1.29 is 9.59 Å². The highest BCUT2D eigenvalue weighted by atomic mass is 16.2. The number of aromatic amines is 1. The molecule has 0 aliphatic carbocycles. The molecular formula is C27H25N3O2. The molecule has 0 radical (unpaired) electrons. The number of nitrogens with one attached hydrogen (secondary N) is 2. The van der Waals surface area contributed by atoms with Crippen molar-refractivity contribution in [2.45, 2.75) is 19.3 Å². The minimum Gasteiger partial charge on any atom is -0.385 e. The van der Waals surface area contributed by atoms with Crippen LogP contribution in [0.1, 0.15) is 38.4 Å². The predicted molar refractivity (Wildman–Crippen MR) is 127 cm³/mol. The summed E-state index contributed by atoms with van der Waals surface area (Å²) < 4.78 is 0. The van der Waals surface area contributed by atoms with Crippen molar-refractivity contribution in [1.29, 1.82) is 0 Å². The van der Waals surface area contributed by atoms with E-state index >= 15 is 0 Å². The Labute approximate surface area is 187 Å². The summed E-state index contributed by atoms with van der Waals surface area (Å²) >= 11 is 0. The van der Waals surface area contributed by atoms with Gasteiger partial charge in [0.05, 0.1) is 11.1 Å². The van der Waals surface area contributed by atoms with Crippen molar-refractivity contribution in [3.63, 3.8) is 0 Å². The van der Waals surface area contributed by atoms with Gasteiger partial charge in [-0.15, -0.1) is 0 Å². The maximum absolute atomic E-state index is 12.6. The number of aromatic nitrogens is 1. The molecule has 0 saturated carbocycles. The van der Waals surface area contributed by atoms with Crippen LogP contribution in [-0.2, 0) is 12.8 Å². The highest BCUT2D eigenvalue weighted by Gasteiger charge is 2.34. The van der Waals surface area contributed by atoms with E-state index in [0.717, 1.165) is 37.0 Å². The van der Waals surface area contributed by atoms with E-state index in [2.05, 4.69) is 40.6 Å². The quantitative estimate of drug-likeness (QED) is 0.390. The summed E-state index contributed by atoms with van der Waals surface area (Å²) in [5.41, 5.74) is 5.73. The van der Waals surface area contributed by atoms with E-state index in [9.17, 15) is 9.59 Å². The van der Waals surface area contributed by atoms with Gasteiger partial charge >= 0.3 is 0 Å². The zero-order valence-electron chi connectivity index (χ0n) is 17.8. The van der Waals surface area contributed by atoms with Crippen molar-refractivity contribution in [3.05, 3.63) is 101 Å². The first kappa shape index (κ1) is 20.1. The molecule has 1 aliphatic heterocycles. The number of carbonyl (C=O) groups excluding carboxylic acids is 2. The fraction of sp³-hybridized carbons (Fsp3) is 0.185. The molecule has 160 valence electrons. The minimum absolute atomic E-state index is 0.186. The lowest BCUT2D eigenvalue weighted by molar-refractivity contribution is 0.0652. The Morgan fingerprint density at radius 2 is 1.41 bits per heavy atom. The van der Waals surface area contributed by atoms with Crippen LogP contribution in [0.5, 0.6) is 0 Å². The Balaban J connectivity index is 1.27. The zero-order valence-corrected chi connectivity index (χ0v) is 17.8. The maximum Gasteiger partial charge on any atom is 0.261 e. The van der Waals surface area contributed by atoms with Gasteiger partial charge in [-0.2, -0.15) is 0 Å². The Kier molecular flexibility index (Phi) is 5.46. The molecule has 5 heteroatoms. The van der Waals surface area contributed by atoms with E-state index in [1.165, 1.54) is 21.5 Å². The number of para-hydroxylation sites is 2. The molecule has 1 aliphatic rings. The lowest BCUT2D eigenvalue weighted by atomic mass is 10.0. The SMILES string of the molecule is O=C1c2ccccc2C(=O)N1CCCc1[nH]c2ccccc2c1CCNc1ccccc1. The highest BCUT2D eigenvalue weighted by Crippen LogP contribution is 2.26. The average molecular weight is 424 g/mol. The summed E-state index contributed by atoms with van der Waals surface area (Å²) in [6, 6.07) is 25.6. The van der Waals surface area contributed by atoms with Gasteiger partial charge in [0.25, 0.3) is 11.8 Å². The third-order valence-corrected chi connectivity index (χ3v) is 6.07. The normalized spacial score (nSPS) is 13.1. The maximum atomic E-state index is 12.6. The molecule has 0 unspecified atom stereocenters. The van der Waals surface area contributed by atoms with Gasteiger partial charge in [-0.05, 0) is 55.2 Å². The predicted octanol–water partition coefficient (Wildman–Crippen LogP) is 5.05. The number of anilines is 1. The molecule has 5 nitrogen and oxygen atoms in total. The van der Waals surface area contributed by atoms with E-state index in [0.29, 0.717) is 17.7 Å². The largest absolute Gasteiger partial charge is 0.385 e. The van der Waals surface area contributed by atoms with Crippen LogP contribution < -0.4 is 5.32 Å². The number of amides is 2. The van der Waals surface area contributed by atoms with Crippen LogP contribution in [0.15, 0.2) is 78.9 Å². The second-order valence-corrected chi connectivity index (χ2v) is 8.08. The highest BCUT2D eigenvalue weighted by molar-refractivity contribution is 6.21. The lowest BCUT2D eigenvalue weighted by Gasteiger charge is -2.14. The molecule has 0 atom stereocenters. The van der Waals surface area contributed by atoms with Crippen LogP contribution in [0.25, 0.3) is 10.9 Å². The van der Waals surface area contributed by atoms with Gasteiger partial charge in [-0.25, -0.2) is 0 Å². The molecule has 32 heavy (non-hydrogen) atoms. The van der Waals surface area contributed by atoms with Gasteiger partial charge < -0.3 is 10.3 Å². The molecule has 2 amide bonds. The molecule has 3 aromatic carbocycles. The van der Waals surface area contributed by atoms with Crippen LogP contribution in [0.4, 0.5) is 5.69 Å². The summed E-state index contributed by atoms with van der Waals surface area (Å²) in [6.07, 6.45) is 2.39. The van der Waals surface area contributed by atoms with Crippen molar-refractivity contribution in [1.82, 2.24) is 9.88 Å². The van der Waals surface area contributed by atoms with E-state index in [1.54, 1.807) is 24.3 Å². The molecule has 5 rings (SSSR count). The second kappa shape index (κ2) is 8.71. The van der Waals surface area contributed by atoms with Crippen LogP contribution in [0.2, 0.25) is 0 Å². The number of benzene rings is 3. The monoisotopic (exact) mass is 423 g/mol. The molecule has 4 aromatic rings. The van der Waals surface area contributed by atoms with Crippen molar-refractivity contribution in [3.8, 4) is 0 Å². The number of nitrogens with zero attached hydrogens (tertiary/aromatic N) is 1. The molecule has 0 bridgehead atoms. The molecular weight excluding hydrogens is 398 g/mol. The fourth-order valence-corrected chi connectivity index (χ4v) is 4.50. The molecule has 1 aromatic heterocycles. The Morgan fingerprint density at radius 1 is 0.750 bits per heavy atom. The van der Waals surface area contributed by atoms with Gasteiger partial charge in [-0.1, -0.05) is 48.5 Å². The number of H-pyrrole nitrogens is 1. The fourth-order valence-electron chi connectivity index (χ4n) is 4.50. The van der Waals surface area contributed by atoms with Crippen LogP contribution in [0, 0.1) is 0 Å². The third-order valence-electron chi connectivity index (χ3n) is 6.07. The molecule has 0 spiro atoms. The van der Waals surface area contributed by atoms with Gasteiger partial charge in [0.1, 0.15) is 0 Å². The summed E-state index contributed by atoms with van der Waals surface area (Å²) in [6.45, 7) is 1.25. The smallest absolute Gasteiger partial charge is 0.261 e. The van der Waals surface area contributed by atoms with Crippen molar-refractivity contribution in [2.24, 2.45) is 0 Å². The molecule has 2 heterocycles. The van der Waals surface area contributed by atoms with Crippen LogP contribution in [0.3, 0.4) is 0 Å². The van der Waals surface area contributed by atoms with Gasteiger partial charge in [-0.3, -0.25) is 14.5 Å². The van der Waals surface area contributed by atoms with E-state index < -0.39 is 0 Å². The Hall–Kier alpha value is -3.86. The van der Waals surface area contributed by atoms with Gasteiger partial charge in [0.15, 0.2) is 0 Å². The van der Waals surface area contributed by atoms with Crippen LogP contribution in [-0.4, -0.2) is 34.8 Å². The van der Waals surface area contributed by atoms with Crippen LogP contribution >= 0.6 is 0 Å². The number of hydrogen-bond donors (Lipinski definition) is 2. The first-order valence-electron chi connectivity index (χ1n) is 11.0. The van der Waals surface area contributed by atoms with E-state index in [1.807, 2.05) is 24.3 Å². The third kappa shape index (κ3) is 3.78. The number of hydrogen-bond acceptors (Lipinski definition) is 3. The second-order valence-electron chi connectivity index (χ2n) is 8.08. The first-order valence-corrected chi connectivity index (χ1v) is 11.0. The number of rotatable bonds is 8. The molecule has 0 saturated heterocycles. The van der Waals surface area contributed by atoms with E-state index in [-0.39, 0.29) is 11.8 Å². The van der Waals surface area contributed by atoms with Gasteiger partial charge in [0.2, 0.25) is 0 Å². The number of imide groups is 1. The minimum atomic E-state index is -0.186. The van der Waals surface area contributed by atoms with Crippen molar-refractivity contribution >= 4 is 28.4 Å². The first-order chi connectivity index (χ1) is 15.7. The van der Waals surface area contributed by atoms with E-state index in [4.69, 9.17) is 0 Å². The van der Waals surface area contributed by atoms with Gasteiger partial charge in [0, 0.05) is 35.4 Å².